The van der Waals surface area contributed by atoms with Crippen LogP contribution in [-0.4, -0.2) is 42.5 Å². The van der Waals surface area contributed by atoms with Gasteiger partial charge in [0.15, 0.2) is 0 Å². The van der Waals surface area contributed by atoms with Gasteiger partial charge in [0.1, 0.15) is 11.8 Å². The number of fused-ring (bicyclic) bond motifs is 1. The second kappa shape index (κ2) is 7.42. The van der Waals surface area contributed by atoms with Gasteiger partial charge < -0.3 is 14.8 Å². The first-order valence-corrected chi connectivity index (χ1v) is 8.72. The quantitative estimate of drug-likeness (QED) is 0.927. The monoisotopic (exact) mass is 342 g/mol. The lowest BCUT2D eigenvalue weighted by Gasteiger charge is -2.36. The Kier molecular flexibility index (Phi) is 5.25. The first kappa shape index (κ1) is 17.7. The van der Waals surface area contributed by atoms with E-state index in [-0.39, 0.29) is 12.3 Å². The Morgan fingerprint density at radius 2 is 1.96 bits per heavy atom. The van der Waals surface area contributed by atoms with E-state index >= 15 is 0 Å². The molecule has 2 aromatic rings. The van der Waals surface area contributed by atoms with Crippen molar-refractivity contribution in [2.24, 2.45) is 0 Å². The van der Waals surface area contributed by atoms with E-state index in [0.29, 0.717) is 19.7 Å². The Morgan fingerprint density at radius 1 is 1.20 bits per heavy atom. The average molecular weight is 342 g/mol. The molecule has 0 aliphatic carbocycles. The summed E-state index contributed by atoms with van der Waals surface area (Å²) in [5, 5.41) is 5.67. The normalized spacial score (nSPS) is 18.4. The van der Waals surface area contributed by atoms with E-state index in [2.05, 4.69) is 35.6 Å². The van der Waals surface area contributed by atoms with E-state index in [4.69, 9.17) is 9.47 Å². The van der Waals surface area contributed by atoms with Crippen LogP contribution >= 0.6 is 0 Å². The molecule has 1 heterocycles. The van der Waals surface area contributed by atoms with Gasteiger partial charge in [-0.05, 0) is 43.2 Å². The topological polar surface area (TPSA) is 50.8 Å². The van der Waals surface area contributed by atoms with Crippen molar-refractivity contribution in [3.63, 3.8) is 0 Å². The van der Waals surface area contributed by atoms with Gasteiger partial charge in [0.05, 0.1) is 6.61 Å². The van der Waals surface area contributed by atoms with E-state index in [0.717, 1.165) is 12.1 Å². The summed E-state index contributed by atoms with van der Waals surface area (Å²) in [5.74, 6) is 0. The van der Waals surface area contributed by atoms with Crippen molar-refractivity contribution in [2.45, 2.75) is 39.2 Å². The second-order valence-corrected chi connectivity index (χ2v) is 7.33. The number of carbonyl (C=O) groups excluding carboxylic acids is 1. The summed E-state index contributed by atoms with van der Waals surface area (Å²) < 4.78 is 11.5. The summed E-state index contributed by atoms with van der Waals surface area (Å²) in [6, 6.07) is 14.5. The Balaban J connectivity index is 1.65. The number of nitrogens with zero attached hydrogens (tertiary/aromatic N) is 1. The molecule has 1 saturated heterocycles. The van der Waals surface area contributed by atoms with Crippen LogP contribution in [0.2, 0.25) is 0 Å². The maximum Gasteiger partial charge on any atom is 0.412 e. The molecule has 0 saturated carbocycles. The van der Waals surface area contributed by atoms with Crippen LogP contribution in [-0.2, 0) is 16.1 Å². The third-order valence-corrected chi connectivity index (χ3v) is 4.08. The van der Waals surface area contributed by atoms with Crippen LogP contribution in [0.1, 0.15) is 26.3 Å². The minimum atomic E-state index is -0.509. The van der Waals surface area contributed by atoms with Crippen LogP contribution in [0.4, 0.5) is 4.79 Å². The summed E-state index contributed by atoms with van der Waals surface area (Å²) in [5.41, 5.74) is 0.582. The molecule has 1 atom stereocenters. The lowest BCUT2D eigenvalue weighted by Crippen LogP contribution is -2.55. The molecule has 134 valence electrons. The van der Waals surface area contributed by atoms with Gasteiger partial charge in [-0.2, -0.15) is 0 Å². The molecule has 1 fully saturated rings. The van der Waals surface area contributed by atoms with E-state index in [1.54, 1.807) is 4.90 Å². The summed E-state index contributed by atoms with van der Waals surface area (Å²) in [7, 11) is 0. The standard InChI is InChI=1S/C20H26N2O3/c1-20(2,3)25-19(23)22-11-10-21-13-18(22)24-14-15-8-9-16-6-4-5-7-17(16)12-15/h4-9,12,18,21H,10-11,13-14H2,1-3H3. The molecule has 0 spiro atoms. The van der Waals surface area contributed by atoms with Gasteiger partial charge in [-0.15, -0.1) is 0 Å². The predicted molar refractivity (Wildman–Crippen MR) is 98.3 cm³/mol. The fourth-order valence-corrected chi connectivity index (χ4v) is 2.88. The van der Waals surface area contributed by atoms with Crippen LogP contribution in [0.25, 0.3) is 10.8 Å². The molecule has 5 nitrogen and oxygen atoms in total. The molecule has 1 unspecified atom stereocenters. The van der Waals surface area contributed by atoms with E-state index in [1.165, 1.54) is 10.8 Å². The molecular weight excluding hydrogens is 316 g/mol. The number of rotatable bonds is 3. The molecule has 1 aliphatic rings. The van der Waals surface area contributed by atoms with Crippen molar-refractivity contribution in [1.29, 1.82) is 0 Å². The van der Waals surface area contributed by atoms with Gasteiger partial charge >= 0.3 is 6.09 Å². The van der Waals surface area contributed by atoms with Gasteiger partial charge in [0.2, 0.25) is 0 Å². The van der Waals surface area contributed by atoms with Crippen LogP contribution in [0.5, 0.6) is 0 Å². The van der Waals surface area contributed by atoms with Crippen LogP contribution < -0.4 is 5.32 Å². The van der Waals surface area contributed by atoms with Crippen molar-refractivity contribution < 1.29 is 14.3 Å². The maximum absolute atomic E-state index is 12.4. The first-order chi connectivity index (χ1) is 11.9. The molecular formula is C20H26N2O3. The molecule has 0 radical (unpaired) electrons. The van der Waals surface area contributed by atoms with Gasteiger partial charge in [0.25, 0.3) is 0 Å². The zero-order chi connectivity index (χ0) is 17.9. The zero-order valence-corrected chi connectivity index (χ0v) is 15.1. The molecule has 5 heteroatoms. The summed E-state index contributed by atoms with van der Waals surface area (Å²) in [6.07, 6.45) is -0.646. The SMILES string of the molecule is CC(C)(C)OC(=O)N1CCNCC1OCc1ccc2ccccc2c1. The highest BCUT2D eigenvalue weighted by Crippen LogP contribution is 2.18. The fourth-order valence-electron chi connectivity index (χ4n) is 2.88. The van der Waals surface area contributed by atoms with Crippen molar-refractivity contribution in [1.82, 2.24) is 10.2 Å². The van der Waals surface area contributed by atoms with Crippen molar-refractivity contribution in [3.05, 3.63) is 48.0 Å². The van der Waals surface area contributed by atoms with Crippen LogP contribution in [0.15, 0.2) is 42.5 Å². The Hall–Kier alpha value is -2.11. The highest BCUT2D eigenvalue weighted by Gasteiger charge is 2.30. The van der Waals surface area contributed by atoms with E-state index in [9.17, 15) is 4.79 Å². The predicted octanol–water partition coefficient (Wildman–Crippen LogP) is 3.52. The molecule has 0 aromatic heterocycles. The highest BCUT2D eigenvalue weighted by molar-refractivity contribution is 5.82. The number of hydrogen-bond donors (Lipinski definition) is 1. The first-order valence-electron chi connectivity index (χ1n) is 8.72. The van der Waals surface area contributed by atoms with Crippen LogP contribution in [0.3, 0.4) is 0 Å². The number of hydrogen-bond acceptors (Lipinski definition) is 4. The molecule has 2 aromatic carbocycles. The minimum Gasteiger partial charge on any atom is -0.444 e. The third kappa shape index (κ3) is 4.71. The van der Waals surface area contributed by atoms with Crippen LogP contribution in [0, 0.1) is 0 Å². The zero-order valence-electron chi connectivity index (χ0n) is 15.1. The lowest BCUT2D eigenvalue weighted by atomic mass is 10.1. The largest absolute Gasteiger partial charge is 0.444 e. The number of ether oxygens (including phenoxy) is 2. The maximum atomic E-state index is 12.4. The number of amides is 1. The van der Waals surface area contributed by atoms with Gasteiger partial charge in [-0.1, -0.05) is 36.4 Å². The number of nitrogens with one attached hydrogen (secondary N) is 1. The second-order valence-electron chi connectivity index (χ2n) is 7.33. The van der Waals surface area contributed by atoms with E-state index < -0.39 is 5.60 Å². The smallest absolute Gasteiger partial charge is 0.412 e. The van der Waals surface area contributed by atoms with Crippen molar-refractivity contribution >= 4 is 16.9 Å². The van der Waals surface area contributed by atoms with Gasteiger partial charge in [0, 0.05) is 19.6 Å². The average Bonchev–Trinajstić information content (AvgIpc) is 2.58. The molecule has 1 N–H and O–H groups in total. The minimum absolute atomic E-state index is 0.322. The Morgan fingerprint density at radius 3 is 2.72 bits per heavy atom. The highest BCUT2D eigenvalue weighted by atomic mass is 16.6. The number of benzene rings is 2. The summed E-state index contributed by atoms with van der Waals surface area (Å²) >= 11 is 0. The molecule has 3 rings (SSSR count). The Labute approximate surface area is 148 Å². The summed E-state index contributed by atoms with van der Waals surface area (Å²) in [6.45, 7) is 8.00. The number of carbonyl (C=O) groups is 1. The van der Waals surface area contributed by atoms with Gasteiger partial charge in [-0.3, -0.25) is 4.90 Å². The lowest BCUT2D eigenvalue weighted by molar-refractivity contribution is -0.0824. The van der Waals surface area contributed by atoms with E-state index in [1.807, 2.05) is 32.9 Å². The fraction of sp³-hybridized carbons (Fsp3) is 0.450. The molecule has 1 aliphatic heterocycles. The van der Waals surface area contributed by atoms with Gasteiger partial charge in [-0.25, -0.2) is 4.79 Å². The molecule has 25 heavy (non-hydrogen) atoms. The summed E-state index contributed by atoms with van der Waals surface area (Å²) in [4.78, 5) is 14.1. The molecule has 0 bridgehead atoms. The Bertz CT molecular complexity index is 739. The molecule has 1 amide bonds. The van der Waals surface area contributed by atoms with Crippen molar-refractivity contribution in [3.8, 4) is 0 Å². The van der Waals surface area contributed by atoms with Crippen molar-refractivity contribution in [2.75, 3.05) is 19.6 Å². The third-order valence-electron chi connectivity index (χ3n) is 4.08. The number of piperazine rings is 1.